The highest BCUT2D eigenvalue weighted by molar-refractivity contribution is 5.51. The van der Waals surface area contributed by atoms with E-state index >= 15 is 0 Å². The van der Waals surface area contributed by atoms with Gasteiger partial charge in [-0.25, -0.2) is 0 Å². The van der Waals surface area contributed by atoms with Crippen LogP contribution in [0.5, 0.6) is 0 Å². The minimum absolute atomic E-state index is 0.583. The van der Waals surface area contributed by atoms with E-state index in [9.17, 15) is 0 Å². The Kier molecular flexibility index (Phi) is 3.92. The minimum atomic E-state index is 0.583. The van der Waals surface area contributed by atoms with Crippen LogP contribution in [-0.4, -0.2) is 53.9 Å². The predicted molar refractivity (Wildman–Crippen MR) is 75.0 cm³/mol. The van der Waals surface area contributed by atoms with Crippen molar-refractivity contribution in [3.63, 3.8) is 0 Å². The molecule has 5 nitrogen and oxygen atoms in total. The fourth-order valence-corrected chi connectivity index (χ4v) is 2.76. The number of rotatable bonds is 3. The topological polar surface area (TPSA) is 50.3 Å². The van der Waals surface area contributed by atoms with Crippen LogP contribution in [0, 0.1) is 6.92 Å². The minimum Gasteiger partial charge on any atom is -0.354 e. The molecule has 5 heteroatoms. The summed E-state index contributed by atoms with van der Waals surface area (Å²) in [4.78, 5) is 4.86. The summed E-state index contributed by atoms with van der Waals surface area (Å²) in [6.07, 6.45) is 0.912. The van der Waals surface area contributed by atoms with Gasteiger partial charge in [-0.2, -0.15) is 5.10 Å². The Morgan fingerprint density at radius 2 is 2.06 bits per heavy atom. The van der Waals surface area contributed by atoms with Crippen molar-refractivity contribution < 1.29 is 0 Å². The van der Waals surface area contributed by atoms with Crippen LogP contribution < -0.4 is 10.6 Å². The monoisotopic (exact) mass is 251 g/mol. The molecule has 1 fully saturated rings. The van der Waals surface area contributed by atoms with Crippen molar-refractivity contribution >= 4 is 5.82 Å². The fourth-order valence-electron chi connectivity index (χ4n) is 2.76. The number of aromatic nitrogens is 2. The normalized spacial score (nSPS) is 21.6. The first kappa shape index (κ1) is 13.4. The summed E-state index contributed by atoms with van der Waals surface area (Å²) >= 11 is 0. The lowest BCUT2D eigenvalue weighted by molar-refractivity contribution is 0.232. The average Bonchev–Trinajstić information content (AvgIpc) is 2.59. The third-order valence-electron chi connectivity index (χ3n) is 3.97. The summed E-state index contributed by atoms with van der Waals surface area (Å²) in [5, 5.41) is 4.55. The summed E-state index contributed by atoms with van der Waals surface area (Å²) in [5.41, 5.74) is 8.15. The Hall–Kier alpha value is -1.07. The van der Waals surface area contributed by atoms with Crippen LogP contribution in [0.4, 0.5) is 5.82 Å². The molecule has 18 heavy (non-hydrogen) atoms. The second kappa shape index (κ2) is 5.28. The molecule has 1 saturated heterocycles. The molecular weight excluding hydrogens is 226 g/mol. The fraction of sp³-hybridized carbons (Fsp3) is 0.769. The standard InChI is InChI=1S/C13H25N5/c1-10-9-18(8-7-16(10)3)13-12(5-6-14)11(2)15-17(13)4/h10H,5-9,14H2,1-4H3. The number of hydrogen-bond acceptors (Lipinski definition) is 4. The van der Waals surface area contributed by atoms with Crippen LogP contribution in [0.3, 0.4) is 0 Å². The number of hydrogen-bond donors (Lipinski definition) is 1. The van der Waals surface area contributed by atoms with Crippen molar-refractivity contribution in [2.24, 2.45) is 12.8 Å². The number of anilines is 1. The van der Waals surface area contributed by atoms with E-state index in [-0.39, 0.29) is 0 Å². The molecule has 0 bridgehead atoms. The van der Waals surface area contributed by atoms with Gasteiger partial charge in [0.25, 0.3) is 0 Å². The van der Waals surface area contributed by atoms with Crippen LogP contribution in [-0.2, 0) is 13.5 Å². The van der Waals surface area contributed by atoms with Crippen LogP contribution in [0.1, 0.15) is 18.2 Å². The van der Waals surface area contributed by atoms with Crippen LogP contribution in [0.25, 0.3) is 0 Å². The van der Waals surface area contributed by atoms with E-state index in [0.29, 0.717) is 12.6 Å². The molecule has 0 aliphatic carbocycles. The average molecular weight is 251 g/mol. The molecule has 0 aromatic carbocycles. The SMILES string of the molecule is Cc1nn(C)c(N2CCN(C)C(C)C2)c1CCN. The van der Waals surface area contributed by atoms with E-state index in [4.69, 9.17) is 5.73 Å². The zero-order chi connectivity index (χ0) is 13.3. The third-order valence-corrected chi connectivity index (χ3v) is 3.97. The highest BCUT2D eigenvalue weighted by Gasteiger charge is 2.25. The predicted octanol–water partition coefficient (Wildman–Crippen LogP) is 0.370. The summed E-state index contributed by atoms with van der Waals surface area (Å²) in [5.74, 6) is 1.26. The Morgan fingerprint density at radius 1 is 1.33 bits per heavy atom. The highest BCUT2D eigenvalue weighted by Crippen LogP contribution is 2.25. The second-order valence-corrected chi connectivity index (χ2v) is 5.33. The van der Waals surface area contributed by atoms with E-state index in [1.54, 1.807) is 0 Å². The number of piperazine rings is 1. The largest absolute Gasteiger partial charge is 0.354 e. The molecule has 2 heterocycles. The Balaban J connectivity index is 2.27. The van der Waals surface area contributed by atoms with Gasteiger partial charge in [0.15, 0.2) is 0 Å². The molecule has 1 unspecified atom stereocenters. The lowest BCUT2D eigenvalue weighted by Crippen LogP contribution is -2.50. The zero-order valence-electron chi connectivity index (χ0n) is 12.0. The Morgan fingerprint density at radius 3 is 2.67 bits per heavy atom. The molecule has 1 aromatic heterocycles. The van der Waals surface area contributed by atoms with Gasteiger partial charge >= 0.3 is 0 Å². The quantitative estimate of drug-likeness (QED) is 0.843. The van der Waals surface area contributed by atoms with Crippen LogP contribution in [0.15, 0.2) is 0 Å². The Bertz CT molecular complexity index is 412. The van der Waals surface area contributed by atoms with Gasteiger partial charge in [-0.05, 0) is 33.9 Å². The lowest BCUT2D eigenvalue weighted by atomic mass is 10.1. The van der Waals surface area contributed by atoms with Gasteiger partial charge in [-0.3, -0.25) is 4.68 Å². The molecule has 1 atom stereocenters. The first-order chi connectivity index (χ1) is 8.54. The molecule has 2 N–H and O–H groups in total. The van der Waals surface area contributed by atoms with Gasteiger partial charge < -0.3 is 15.5 Å². The van der Waals surface area contributed by atoms with Gasteiger partial charge in [0.1, 0.15) is 5.82 Å². The van der Waals surface area contributed by atoms with Crippen LogP contribution >= 0.6 is 0 Å². The van der Waals surface area contributed by atoms with Crippen molar-refractivity contribution in [3.05, 3.63) is 11.3 Å². The first-order valence-corrected chi connectivity index (χ1v) is 6.72. The first-order valence-electron chi connectivity index (χ1n) is 6.72. The van der Waals surface area contributed by atoms with Gasteiger partial charge in [-0.1, -0.05) is 0 Å². The molecular formula is C13H25N5. The molecule has 102 valence electrons. The van der Waals surface area contributed by atoms with E-state index in [0.717, 1.165) is 31.7 Å². The van der Waals surface area contributed by atoms with E-state index in [1.165, 1.54) is 11.4 Å². The van der Waals surface area contributed by atoms with Crippen molar-refractivity contribution in [1.29, 1.82) is 0 Å². The maximum Gasteiger partial charge on any atom is 0.130 e. The van der Waals surface area contributed by atoms with Gasteiger partial charge in [0.2, 0.25) is 0 Å². The molecule has 1 aliphatic rings. The van der Waals surface area contributed by atoms with Gasteiger partial charge in [0, 0.05) is 38.3 Å². The van der Waals surface area contributed by atoms with Crippen molar-refractivity contribution in [2.75, 3.05) is 38.1 Å². The van der Waals surface area contributed by atoms with Crippen molar-refractivity contribution in [2.45, 2.75) is 26.3 Å². The number of nitrogens with zero attached hydrogens (tertiary/aromatic N) is 4. The molecule has 0 spiro atoms. The van der Waals surface area contributed by atoms with Gasteiger partial charge in [-0.15, -0.1) is 0 Å². The number of likely N-dealkylation sites (N-methyl/N-ethyl adjacent to an activating group) is 1. The molecule has 0 amide bonds. The molecule has 0 radical (unpaired) electrons. The summed E-state index contributed by atoms with van der Waals surface area (Å²) in [7, 11) is 4.22. The highest BCUT2D eigenvalue weighted by atomic mass is 15.4. The number of nitrogens with two attached hydrogens (primary N) is 1. The van der Waals surface area contributed by atoms with E-state index < -0.39 is 0 Å². The number of aryl methyl sites for hydroxylation is 2. The van der Waals surface area contributed by atoms with Gasteiger partial charge in [0.05, 0.1) is 5.69 Å². The molecule has 2 rings (SSSR count). The summed E-state index contributed by atoms with van der Waals surface area (Å²) in [6.45, 7) is 8.27. The smallest absolute Gasteiger partial charge is 0.130 e. The molecule has 0 saturated carbocycles. The Labute approximate surface area is 110 Å². The summed E-state index contributed by atoms with van der Waals surface area (Å²) < 4.78 is 2.01. The molecule has 1 aromatic rings. The maximum atomic E-state index is 5.72. The lowest BCUT2D eigenvalue weighted by Gasteiger charge is -2.39. The van der Waals surface area contributed by atoms with Crippen molar-refractivity contribution in [3.8, 4) is 0 Å². The van der Waals surface area contributed by atoms with E-state index in [2.05, 4.69) is 35.8 Å². The van der Waals surface area contributed by atoms with Crippen molar-refractivity contribution in [1.82, 2.24) is 14.7 Å². The van der Waals surface area contributed by atoms with E-state index in [1.807, 2.05) is 11.7 Å². The van der Waals surface area contributed by atoms with Crippen LogP contribution in [0.2, 0.25) is 0 Å². The zero-order valence-corrected chi connectivity index (χ0v) is 12.0. The molecule has 1 aliphatic heterocycles. The third kappa shape index (κ3) is 2.37. The summed E-state index contributed by atoms with van der Waals surface area (Å²) in [6, 6.07) is 0.583. The maximum absolute atomic E-state index is 5.72. The second-order valence-electron chi connectivity index (χ2n) is 5.33.